The number of hydrogen-bond donors (Lipinski definition) is 0. The average Bonchev–Trinajstić information content (AvgIpc) is 3.27. The van der Waals surface area contributed by atoms with Crippen LogP contribution in [0.2, 0.25) is 5.15 Å². The third kappa shape index (κ3) is 2.97. The molecule has 0 radical (unpaired) electrons. The first-order valence-corrected chi connectivity index (χ1v) is 7.06. The van der Waals surface area contributed by atoms with Crippen LogP contribution in [0.4, 0.5) is 8.78 Å². The summed E-state index contributed by atoms with van der Waals surface area (Å²) < 4.78 is 29.8. The second kappa shape index (κ2) is 5.22. The fourth-order valence-corrected chi connectivity index (χ4v) is 2.46. The number of alkyl halides is 2. The van der Waals surface area contributed by atoms with Gasteiger partial charge in [0.25, 0.3) is 11.5 Å². The smallest absolute Gasteiger partial charge is 0.290 e. The lowest BCUT2D eigenvalue weighted by molar-refractivity contribution is -0.0241. The van der Waals surface area contributed by atoms with Crippen LogP contribution in [0.25, 0.3) is 0 Å². The summed E-state index contributed by atoms with van der Waals surface area (Å²) in [6.45, 7) is -0.716. The minimum atomic E-state index is -3.13. The maximum absolute atomic E-state index is 14.4. The molecule has 0 N–H and O–H groups in total. The van der Waals surface area contributed by atoms with Gasteiger partial charge in [-0.25, -0.2) is 4.98 Å². The van der Waals surface area contributed by atoms with E-state index in [1.165, 1.54) is 12.1 Å². The quantitative estimate of drug-likeness (QED) is 0.809. The Bertz CT molecular complexity index is 711. The third-order valence-electron chi connectivity index (χ3n) is 3.50. The van der Waals surface area contributed by atoms with Gasteiger partial charge in [-0.2, -0.15) is 8.78 Å². The van der Waals surface area contributed by atoms with Crippen molar-refractivity contribution in [2.45, 2.75) is 31.2 Å². The second-order valence-electron chi connectivity index (χ2n) is 5.21. The monoisotopic (exact) mass is 310 g/mol. The first kappa shape index (κ1) is 14.2. The van der Waals surface area contributed by atoms with E-state index in [4.69, 9.17) is 11.6 Å². The van der Waals surface area contributed by atoms with Gasteiger partial charge in [0.1, 0.15) is 11.0 Å². The molecule has 3 nitrogen and oxygen atoms in total. The predicted molar refractivity (Wildman–Crippen MR) is 75.8 cm³/mol. The Kier molecular flexibility index (Phi) is 3.53. The van der Waals surface area contributed by atoms with Gasteiger partial charge in [0.15, 0.2) is 0 Å². The first-order chi connectivity index (χ1) is 9.97. The molecule has 21 heavy (non-hydrogen) atoms. The lowest BCUT2D eigenvalue weighted by Gasteiger charge is -2.20. The van der Waals surface area contributed by atoms with E-state index in [0.29, 0.717) is 5.82 Å². The molecule has 1 aliphatic rings. The van der Waals surface area contributed by atoms with Gasteiger partial charge >= 0.3 is 0 Å². The number of hydrogen-bond acceptors (Lipinski definition) is 2. The van der Waals surface area contributed by atoms with Crippen molar-refractivity contribution in [3.8, 4) is 0 Å². The zero-order valence-electron chi connectivity index (χ0n) is 11.1. The lowest BCUT2D eigenvalue weighted by atomic mass is 10.1. The summed E-state index contributed by atoms with van der Waals surface area (Å²) >= 11 is 5.77. The summed E-state index contributed by atoms with van der Waals surface area (Å²) in [6.07, 6.45) is 1.70. The largest absolute Gasteiger partial charge is 0.290 e. The Morgan fingerprint density at radius 3 is 2.57 bits per heavy atom. The molecule has 1 saturated carbocycles. The van der Waals surface area contributed by atoms with E-state index in [-0.39, 0.29) is 16.6 Å². The zero-order chi connectivity index (χ0) is 15.0. The summed E-state index contributed by atoms with van der Waals surface area (Å²) in [5.74, 6) is -2.71. The molecular weight excluding hydrogens is 298 g/mol. The molecule has 1 fully saturated rings. The summed E-state index contributed by atoms with van der Waals surface area (Å²) in [6, 6.07) is 8.55. The molecule has 0 saturated heterocycles. The lowest BCUT2D eigenvalue weighted by Crippen LogP contribution is -2.32. The molecule has 0 amide bonds. The van der Waals surface area contributed by atoms with Gasteiger partial charge in [-0.3, -0.25) is 9.36 Å². The zero-order valence-corrected chi connectivity index (χ0v) is 11.9. The molecule has 110 valence electrons. The van der Waals surface area contributed by atoms with Crippen molar-refractivity contribution >= 4 is 11.6 Å². The molecular formula is C15H13ClF2N2O. The third-order valence-corrected chi connectivity index (χ3v) is 3.70. The van der Waals surface area contributed by atoms with Crippen LogP contribution in [-0.2, 0) is 12.5 Å². The van der Waals surface area contributed by atoms with Crippen LogP contribution < -0.4 is 5.56 Å². The van der Waals surface area contributed by atoms with Crippen molar-refractivity contribution in [1.29, 1.82) is 0 Å². The standard InChI is InChI=1S/C15H13ClF2N2O/c16-12-8-13(21)20(14(19-12)10-6-7-10)9-15(17,18)11-4-2-1-3-5-11/h1-5,8,10H,6-7,9H2. The Balaban J connectivity index is 2.00. The van der Waals surface area contributed by atoms with E-state index in [1.807, 2.05) is 0 Å². The number of nitrogens with zero attached hydrogens (tertiary/aromatic N) is 2. The van der Waals surface area contributed by atoms with Crippen LogP contribution >= 0.6 is 11.6 Å². The Labute approximate surface area is 125 Å². The molecule has 6 heteroatoms. The first-order valence-electron chi connectivity index (χ1n) is 6.68. The van der Waals surface area contributed by atoms with Crippen LogP contribution in [-0.4, -0.2) is 9.55 Å². The summed E-state index contributed by atoms with van der Waals surface area (Å²) in [5.41, 5.74) is -0.652. The van der Waals surface area contributed by atoms with Crippen LogP contribution in [0, 0.1) is 0 Å². The maximum Gasteiger partial charge on any atom is 0.290 e. The van der Waals surface area contributed by atoms with Gasteiger partial charge < -0.3 is 0 Å². The van der Waals surface area contributed by atoms with Crippen molar-refractivity contribution in [3.63, 3.8) is 0 Å². The molecule has 1 aliphatic carbocycles. The molecule has 0 bridgehead atoms. The summed E-state index contributed by atoms with van der Waals surface area (Å²) in [7, 11) is 0. The molecule has 0 unspecified atom stereocenters. The highest BCUT2D eigenvalue weighted by atomic mass is 35.5. The van der Waals surface area contributed by atoms with E-state index in [9.17, 15) is 13.6 Å². The summed E-state index contributed by atoms with van der Waals surface area (Å²) in [4.78, 5) is 16.1. The minimum absolute atomic E-state index is 0.0566. The van der Waals surface area contributed by atoms with Gasteiger partial charge in [0.2, 0.25) is 0 Å². The number of benzene rings is 1. The van der Waals surface area contributed by atoms with E-state index in [1.54, 1.807) is 18.2 Å². The normalized spacial score (nSPS) is 15.2. The molecule has 0 atom stereocenters. The fraction of sp³-hybridized carbons (Fsp3) is 0.333. The van der Waals surface area contributed by atoms with Crippen molar-refractivity contribution in [2.75, 3.05) is 0 Å². The van der Waals surface area contributed by atoms with Gasteiger partial charge in [-0.15, -0.1) is 0 Å². The van der Waals surface area contributed by atoms with Crippen molar-refractivity contribution in [2.24, 2.45) is 0 Å². The second-order valence-corrected chi connectivity index (χ2v) is 5.59. The molecule has 2 aromatic rings. The molecule has 3 rings (SSSR count). The van der Waals surface area contributed by atoms with E-state index < -0.39 is 18.0 Å². The summed E-state index contributed by atoms with van der Waals surface area (Å²) in [5, 5.41) is 0.0566. The van der Waals surface area contributed by atoms with E-state index >= 15 is 0 Å². The minimum Gasteiger partial charge on any atom is -0.290 e. The van der Waals surface area contributed by atoms with Crippen LogP contribution in [0.15, 0.2) is 41.2 Å². The fourth-order valence-electron chi connectivity index (χ4n) is 2.28. The van der Waals surface area contributed by atoms with Crippen molar-refractivity contribution < 1.29 is 8.78 Å². The molecule has 0 spiro atoms. The Hall–Kier alpha value is -1.75. The highest BCUT2D eigenvalue weighted by Gasteiger charge is 2.36. The number of halogens is 3. The van der Waals surface area contributed by atoms with Crippen LogP contribution in [0.1, 0.15) is 30.1 Å². The highest BCUT2D eigenvalue weighted by Crippen LogP contribution is 2.40. The van der Waals surface area contributed by atoms with Gasteiger partial charge in [-0.05, 0) is 12.8 Å². The molecule has 0 aliphatic heterocycles. The topological polar surface area (TPSA) is 34.9 Å². The number of aromatic nitrogens is 2. The highest BCUT2D eigenvalue weighted by molar-refractivity contribution is 6.29. The molecule has 1 heterocycles. The van der Waals surface area contributed by atoms with E-state index in [2.05, 4.69) is 4.98 Å². The van der Waals surface area contributed by atoms with Gasteiger partial charge in [0, 0.05) is 17.5 Å². The predicted octanol–water partition coefficient (Wildman–Crippen LogP) is 3.57. The van der Waals surface area contributed by atoms with E-state index in [0.717, 1.165) is 23.5 Å². The van der Waals surface area contributed by atoms with Gasteiger partial charge in [-0.1, -0.05) is 41.9 Å². The van der Waals surface area contributed by atoms with Crippen LogP contribution in [0.5, 0.6) is 0 Å². The Morgan fingerprint density at radius 2 is 1.95 bits per heavy atom. The number of rotatable bonds is 4. The maximum atomic E-state index is 14.4. The van der Waals surface area contributed by atoms with Crippen molar-refractivity contribution in [1.82, 2.24) is 9.55 Å². The molecule has 1 aromatic carbocycles. The SMILES string of the molecule is O=c1cc(Cl)nc(C2CC2)n1CC(F)(F)c1ccccc1. The van der Waals surface area contributed by atoms with Gasteiger partial charge in [0.05, 0.1) is 6.54 Å². The average molecular weight is 311 g/mol. The Morgan fingerprint density at radius 1 is 1.29 bits per heavy atom. The van der Waals surface area contributed by atoms with Crippen molar-refractivity contribution in [3.05, 3.63) is 63.3 Å². The van der Waals surface area contributed by atoms with Crippen LogP contribution in [0.3, 0.4) is 0 Å². The molecule has 1 aromatic heterocycles.